The maximum atomic E-state index is 9.80. The van der Waals surface area contributed by atoms with Gasteiger partial charge in [0.1, 0.15) is 28.2 Å². The number of aromatic nitrogens is 3. The van der Waals surface area contributed by atoms with Gasteiger partial charge in [-0.2, -0.15) is 0 Å². The summed E-state index contributed by atoms with van der Waals surface area (Å²) in [6.45, 7) is 0. The third kappa shape index (κ3) is 2.02. The molecule has 0 aliphatic rings. The third-order valence-electron chi connectivity index (χ3n) is 2.62. The Hall–Kier alpha value is -1.79. The van der Waals surface area contributed by atoms with Crippen molar-refractivity contribution < 1.29 is 10.2 Å². The lowest BCUT2D eigenvalue weighted by atomic mass is 10.3. The Labute approximate surface area is 121 Å². The highest BCUT2D eigenvalue weighted by Crippen LogP contribution is 2.31. The lowest BCUT2D eigenvalue weighted by Crippen LogP contribution is -1.98. The predicted octanol–water partition coefficient (Wildman–Crippen LogP) is 3.25. The number of aromatic hydroxyl groups is 2. The van der Waals surface area contributed by atoms with Gasteiger partial charge in [-0.3, -0.25) is 0 Å². The van der Waals surface area contributed by atoms with Crippen LogP contribution >= 0.6 is 27.5 Å². The van der Waals surface area contributed by atoms with E-state index in [0.29, 0.717) is 26.2 Å². The maximum Gasteiger partial charge on any atom is 0.146 e. The Morgan fingerprint density at radius 1 is 1.11 bits per heavy atom. The molecule has 19 heavy (non-hydrogen) atoms. The molecule has 0 saturated carbocycles. The first kappa shape index (κ1) is 12.3. The molecule has 0 aliphatic carbocycles. The Kier molecular flexibility index (Phi) is 2.83. The van der Waals surface area contributed by atoms with Gasteiger partial charge in [-0.25, -0.2) is 0 Å². The molecular formula is C12H7BrClN3O2. The van der Waals surface area contributed by atoms with E-state index in [0.717, 1.165) is 0 Å². The molecule has 5 nitrogen and oxygen atoms in total. The van der Waals surface area contributed by atoms with Crippen LogP contribution in [0.2, 0.25) is 5.02 Å². The van der Waals surface area contributed by atoms with Crippen molar-refractivity contribution in [3.63, 3.8) is 0 Å². The van der Waals surface area contributed by atoms with Crippen LogP contribution in [0, 0.1) is 0 Å². The van der Waals surface area contributed by atoms with E-state index in [1.165, 1.54) is 23.0 Å². The van der Waals surface area contributed by atoms with Crippen molar-refractivity contribution in [3.8, 4) is 17.2 Å². The summed E-state index contributed by atoms with van der Waals surface area (Å²) < 4.78 is 0.649. The van der Waals surface area contributed by atoms with Gasteiger partial charge in [-0.1, -0.05) is 11.6 Å². The number of benzene rings is 2. The number of halogens is 2. The molecule has 2 N–H and O–H groups in total. The van der Waals surface area contributed by atoms with Crippen molar-refractivity contribution in [2.24, 2.45) is 0 Å². The average Bonchev–Trinajstić information content (AvgIpc) is 2.78. The average molecular weight is 341 g/mol. The first-order valence-electron chi connectivity index (χ1n) is 5.29. The fourth-order valence-corrected chi connectivity index (χ4v) is 2.28. The fraction of sp³-hybridized carbons (Fsp3) is 0. The van der Waals surface area contributed by atoms with Crippen LogP contribution in [0.15, 0.2) is 34.8 Å². The minimum Gasteiger partial charge on any atom is -0.508 e. The Morgan fingerprint density at radius 3 is 2.63 bits per heavy atom. The molecule has 1 heterocycles. The fourth-order valence-electron chi connectivity index (χ4n) is 1.71. The predicted molar refractivity (Wildman–Crippen MR) is 74.9 cm³/mol. The second kappa shape index (κ2) is 4.40. The molecule has 0 unspecified atom stereocenters. The Morgan fingerprint density at radius 2 is 1.89 bits per heavy atom. The summed E-state index contributed by atoms with van der Waals surface area (Å²) in [4.78, 5) is 1.29. The van der Waals surface area contributed by atoms with Crippen molar-refractivity contribution in [2.75, 3.05) is 0 Å². The van der Waals surface area contributed by atoms with E-state index in [4.69, 9.17) is 11.6 Å². The normalized spacial score (nSPS) is 11.1. The SMILES string of the molecule is Oc1ccc(-n2nc3ccc(Cl)c(Br)c3n2)c(O)c1. The highest BCUT2D eigenvalue weighted by atomic mass is 79.9. The maximum absolute atomic E-state index is 9.80. The second-order valence-corrected chi connectivity index (χ2v) is 5.09. The molecule has 0 saturated heterocycles. The van der Waals surface area contributed by atoms with Gasteiger partial charge in [0.05, 0.1) is 9.50 Å². The summed E-state index contributed by atoms with van der Waals surface area (Å²) >= 11 is 9.34. The van der Waals surface area contributed by atoms with Crippen LogP contribution < -0.4 is 0 Å². The van der Waals surface area contributed by atoms with Crippen molar-refractivity contribution >= 4 is 38.6 Å². The summed E-state index contributed by atoms with van der Waals surface area (Å²) in [7, 11) is 0. The summed E-state index contributed by atoms with van der Waals surface area (Å²) in [6, 6.07) is 7.66. The number of nitrogens with zero attached hydrogens (tertiary/aromatic N) is 3. The highest BCUT2D eigenvalue weighted by molar-refractivity contribution is 9.10. The van der Waals surface area contributed by atoms with Gasteiger partial charge < -0.3 is 10.2 Å². The Balaban J connectivity index is 2.23. The van der Waals surface area contributed by atoms with Gasteiger partial charge in [-0.05, 0) is 40.2 Å². The molecule has 0 aliphatic heterocycles. The van der Waals surface area contributed by atoms with E-state index in [2.05, 4.69) is 26.1 Å². The van der Waals surface area contributed by atoms with Gasteiger partial charge in [0.15, 0.2) is 0 Å². The molecule has 96 valence electrons. The first-order chi connectivity index (χ1) is 9.06. The van der Waals surface area contributed by atoms with E-state index >= 15 is 0 Å². The molecule has 7 heteroatoms. The van der Waals surface area contributed by atoms with Crippen molar-refractivity contribution in [2.45, 2.75) is 0 Å². The van der Waals surface area contributed by atoms with E-state index in [9.17, 15) is 10.2 Å². The lowest BCUT2D eigenvalue weighted by molar-refractivity contribution is 0.446. The standard InChI is InChI=1S/C12H7BrClN3O2/c13-11-7(14)2-3-8-12(11)16-17(15-8)9-4-1-6(18)5-10(9)19/h1-5,18-19H. The van der Waals surface area contributed by atoms with E-state index < -0.39 is 0 Å². The van der Waals surface area contributed by atoms with Crippen molar-refractivity contribution in [3.05, 3.63) is 39.8 Å². The minimum absolute atomic E-state index is 0.0258. The molecule has 0 radical (unpaired) electrons. The quantitative estimate of drug-likeness (QED) is 0.713. The van der Waals surface area contributed by atoms with E-state index in [1.807, 2.05) is 0 Å². The van der Waals surface area contributed by atoms with Gasteiger partial charge in [0, 0.05) is 6.07 Å². The minimum atomic E-state index is -0.109. The molecule has 1 aromatic heterocycles. The van der Waals surface area contributed by atoms with Crippen LogP contribution in [-0.4, -0.2) is 25.2 Å². The topological polar surface area (TPSA) is 71.2 Å². The van der Waals surface area contributed by atoms with E-state index in [-0.39, 0.29) is 11.5 Å². The number of rotatable bonds is 1. The van der Waals surface area contributed by atoms with Crippen LogP contribution in [0.5, 0.6) is 11.5 Å². The van der Waals surface area contributed by atoms with Crippen LogP contribution in [0.4, 0.5) is 0 Å². The zero-order valence-corrected chi connectivity index (χ0v) is 11.7. The zero-order valence-electron chi connectivity index (χ0n) is 9.38. The molecule has 0 atom stereocenters. The Bertz CT molecular complexity index is 788. The molecule has 0 bridgehead atoms. The summed E-state index contributed by atoms with van der Waals surface area (Å²) in [5, 5.41) is 28.1. The summed E-state index contributed by atoms with van der Waals surface area (Å²) in [5.41, 5.74) is 1.61. The monoisotopic (exact) mass is 339 g/mol. The largest absolute Gasteiger partial charge is 0.508 e. The summed E-state index contributed by atoms with van der Waals surface area (Å²) in [5.74, 6) is -0.135. The summed E-state index contributed by atoms with van der Waals surface area (Å²) in [6.07, 6.45) is 0. The van der Waals surface area contributed by atoms with Crippen molar-refractivity contribution in [1.82, 2.24) is 15.0 Å². The van der Waals surface area contributed by atoms with Gasteiger partial charge >= 0.3 is 0 Å². The van der Waals surface area contributed by atoms with Gasteiger partial charge in [-0.15, -0.1) is 15.0 Å². The highest BCUT2D eigenvalue weighted by Gasteiger charge is 2.12. The molecule has 3 aromatic rings. The molecule has 0 fully saturated rings. The van der Waals surface area contributed by atoms with Crippen LogP contribution in [0.25, 0.3) is 16.7 Å². The molecule has 0 amide bonds. The van der Waals surface area contributed by atoms with Crippen LogP contribution in [-0.2, 0) is 0 Å². The number of phenols is 2. The van der Waals surface area contributed by atoms with Gasteiger partial charge in [0.2, 0.25) is 0 Å². The molecule has 3 rings (SSSR count). The second-order valence-electron chi connectivity index (χ2n) is 3.89. The third-order valence-corrected chi connectivity index (χ3v) is 3.97. The number of hydrogen-bond acceptors (Lipinski definition) is 4. The number of hydrogen-bond donors (Lipinski definition) is 2. The number of phenolic OH excluding ortho intramolecular Hbond substituents is 2. The first-order valence-corrected chi connectivity index (χ1v) is 6.47. The molecular weight excluding hydrogens is 334 g/mol. The molecule has 2 aromatic carbocycles. The van der Waals surface area contributed by atoms with E-state index in [1.54, 1.807) is 12.1 Å². The van der Waals surface area contributed by atoms with Crippen LogP contribution in [0.1, 0.15) is 0 Å². The number of fused-ring (bicyclic) bond motifs is 1. The van der Waals surface area contributed by atoms with Crippen LogP contribution in [0.3, 0.4) is 0 Å². The lowest BCUT2D eigenvalue weighted by Gasteiger charge is -2.02. The van der Waals surface area contributed by atoms with Crippen molar-refractivity contribution in [1.29, 1.82) is 0 Å². The van der Waals surface area contributed by atoms with Gasteiger partial charge in [0.25, 0.3) is 0 Å². The zero-order chi connectivity index (χ0) is 13.6. The molecule has 0 spiro atoms. The smallest absolute Gasteiger partial charge is 0.146 e.